The summed E-state index contributed by atoms with van der Waals surface area (Å²) in [4.78, 5) is 15.1. The van der Waals surface area contributed by atoms with Gasteiger partial charge >= 0.3 is 0 Å². The minimum absolute atomic E-state index is 0.178. The van der Waals surface area contributed by atoms with Gasteiger partial charge in [-0.2, -0.15) is 0 Å². The highest BCUT2D eigenvalue weighted by atomic mass is 16.3. The molecule has 1 N–H and O–H groups in total. The maximum Gasteiger partial charge on any atom is 0.219 e. The minimum Gasteiger partial charge on any atom is -0.395 e. The molecule has 0 saturated carbocycles. The van der Waals surface area contributed by atoms with Gasteiger partial charge in [-0.15, -0.1) is 0 Å². The van der Waals surface area contributed by atoms with Crippen LogP contribution < -0.4 is 0 Å². The van der Waals surface area contributed by atoms with Gasteiger partial charge in [-0.1, -0.05) is 0 Å². The standard InChI is InChI=1S/C10H20N2O2/c1-9(14)12-4-3-10(8-12)7-11(2)5-6-13/h10,13H,3-8H2,1-2H3/t10-/m1/s1. The number of amides is 1. The first-order chi connectivity index (χ1) is 6.63. The van der Waals surface area contributed by atoms with E-state index >= 15 is 0 Å². The predicted octanol–water partition coefficient (Wildman–Crippen LogP) is -0.221. The number of aliphatic hydroxyl groups is 1. The molecule has 0 spiro atoms. The molecule has 1 rings (SSSR count). The fraction of sp³-hybridized carbons (Fsp3) is 0.900. The van der Waals surface area contributed by atoms with Crippen LogP contribution in [0.3, 0.4) is 0 Å². The highest BCUT2D eigenvalue weighted by molar-refractivity contribution is 5.73. The van der Waals surface area contributed by atoms with E-state index in [1.807, 2.05) is 11.9 Å². The molecular formula is C10H20N2O2. The Balaban J connectivity index is 2.25. The van der Waals surface area contributed by atoms with E-state index in [9.17, 15) is 4.79 Å². The second-order valence-electron chi connectivity index (χ2n) is 4.11. The maximum atomic E-state index is 11.1. The third kappa shape index (κ3) is 3.27. The largest absolute Gasteiger partial charge is 0.395 e. The quantitative estimate of drug-likeness (QED) is 0.682. The third-order valence-electron chi connectivity index (χ3n) is 2.78. The summed E-state index contributed by atoms with van der Waals surface area (Å²) in [6.07, 6.45) is 1.09. The maximum absolute atomic E-state index is 11.1. The van der Waals surface area contributed by atoms with Crippen molar-refractivity contribution in [3.8, 4) is 0 Å². The van der Waals surface area contributed by atoms with Gasteiger partial charge in [0.1, 0.15) is 0 Å². The molecule has 14 heavy (non-hydrogen) atoms. The molecule has 1 aliphatic heterocycles. The second-order valence-corrected chi connectivity index (χ2v) is 4.11. The van der Waals surface area contributed by atoms with E-state index < -0.39 is 0 Å². The molecule has 0 aliphatic carbocycles. The van der Waals surface area contributed by atoms with Crippen LogP contribution in [0.5, 0.6) is 0 Å². The third-order valence-corrected chi connectivity index (χ3v) is 2.78. The van der Waals surface area contributed by atoms with Gasteiger partial charge in [0.25, 0.3) is 0 Å². The van der Waals surface area contributed by atoms with Crippen LogP contribution >= 0.6 is 0 Å². The molecule has 1 saturated heterocycles. The van der Waals surface area contributed by atoms with Gasteiger partial charge < -0.3 is 14.9 Å². The molecule has 4 nitrogen and oxygen atoms in total. The monoisotopic (exact) mass is 200 g/mol. The van der Waals surface area contributed by atoms with Crippen molar-refractivity contribution >= 4 is 5.91 Å². The lowest BCUT2D eigenvalue weighted by atomic mass is 10.1. The number of hydrogen-bond donors (Lipinski definition) is 1. The highest BCUT2D eigenvalue weighted by Crippen LogP contribution is 2.16. The first-order valence-electron chi connectivity index (χ1n) is 5.18. The van der Waals surface area contributed by atoms with E-state index in [1.165, 1.54) is 0 Å². The van der Waals surface area contributed by atoms with Crippen LogP contribution in [0.25, 0.3) is 0 Å². The number of hydrogen-bond acceptors (Lipinski definition) is 3. The summed E-state index contributed by atoms with van der Waals surface area (Å²) in [6, 6.07) is 0. The van der Waals surface area contributed by atoms with Crippen molar-refractivity contribution < 1.29 is 9.90 Å². The van der Waals surface area contributed by atoms with Gasteiger partial charge in [0.15, 0.2) is 0 Å². The Hall–Kier alpha value is -0.610. The molecule has 4 heteroatoms. The fourth-order valence-corrected chi connectivity index (χ4v) is 1.97. The predicted molar refractivity (Wildman–Crippen MR) is 54.9 cm³/mol. The molecule has 0 bridgehead atoms. The van der Waals surface area contributed by atoms with Gasteiger partial charge in [0.05, 0.1) is 6.61 Å². The van der Waals surface area contributed by atoms with E-state index in [0.717, 1.165) is 32.6 Å². The number of nitrogens with zero attached hydrogens (tertiary/aromatic N) is 2. The summed E-state index contributed by atoms with van der Waals surface area (Å²) in [5.74, 6) is 0.757. The summed E-state index contributed by atoms with van der Waals surface area (Å²) >= 11 is 0. The number of carbonyl (C=O) groups is 1. The second kappa shape index (κ2) is 5.32. The Morgan fingerprint density at radius 1 is 1.64 bits per heavy atom. The van der Waals surface area contributed by atoms with E-state index in [1.54, 1.807) is 6.92 Å². The summed E-state index contributed by atoms with van der Waals surface area (Å²) < 4.78 is 0. The van der Waals surface area contributed by atoms with Gasteiger partial charge in [0.2, 0.25) is 5.91 Å². The lowest BCUT2D eigenvalue weighted by Gasteiger charge is -2.20. The molecule has 1 heterocycles. The van der Waals surface area contributed by atoms with Crippen molar-refractivity contribution in [2.75, 3.05) is 39.8 Å². The molecule has 0 aromatic rings. The average Bonchev–Trinajstić information content (AvgIpc) is 2.53. The van der Waals surface area contributed by atoms with E-state index in [4.69, 9.17) is 5.11 Å². The van der Waals surface area contributed by atoms with Crippen LogP contribution in [-0.4, -0.2) is 60.6 Å². The van der Waals surface area contributed by atoms with Gasteiger partial charge in [-0.3, -0.25) is 4.79 Å². The molecule has 1 fully saturated rings. The van der Waals surface area contributed by atoms with Crippen LogP contribution in [0.1, 0.15) is 13.3 Å². The molecule has 0 radical (unpaired) electrons. The Morgan fingerprint density at radius 3 is 2.86 bits per heavy atom. The van der Waals surface area contributed by atoms with Crippen molar-refractivity contribution in [2.24, 2.45) is 5.92 Å². The summed E-state index contributed by atoms with van der Waals surface area (Å²) in [6.45, 7) is 5.30. The van der Waals surface area contributed by atoms with Crippen LogP contribution in [-0.2, 0) is 4.79 Å². The zero-order valence-electron chi connectivity index (χ0n) is 9.07. The molecule has 1 aliphatic rings. The fourth-order valence-electron chi connectivity index (χ4n) is 1.97. The first kappa shape index (κ1) is 11.5. The minimum atomic E-state index is 0.178. The molecule has 0 unspecified atom stereocenters. The summed E-state index contributed by atoms with van der Waals surface area (Å²) in [5.41, 5.74) is 0. The van der Waals surface area contributed by atoms with Gasteiger partial charge in [0, 0.05) is 33.1 Å². The van der Waals surface area contributed by atoms with E-state index in [2.05, 4.69) is 4.90 Å². The van der Waals surface area contributed by atoms with Gasteiger partial charge in [-0.05, 0) is 19.4 Å². The highest BCUT2D eigenvalue weighted by Gasteiger charge is 2.24. The molecule has 1 atom stereocenters. The lowest BCUT2D eigenvalue weighted by Crippen LogP contribution is -2.31. The summed E-state index contributed by atoms with van der Waals surface area (Å²) in [5, 5.41) is 8.74. The SMILES string of the molecule is CC(=O)N1CC[C@H](CN(C)CCO)C1. The number of aliphatic hydroxyl groups excluding tert-OH is 1. The lowest BCUT2D eigenvalue weighted by molar-refractivity contribution is -0.127. The van der Waals surface area contributed by atoms with Crippen LogP contribution in [0, 0.1) is 5.92 Å². The van der Waals surface area contributed by atoms with Crippen molar-refractivity contribution in [1.82, 2.24) is 9.80 Å². The van der Waals surface area contributed by atoms with Crippen molar-refractivity contribution in [2.45, 2.75) is 13.3 Å². The first-order valence-corrected chi connectivity index (χ1v) is 5.18. The Bertz CT molecular complexity index is 197. The number of carbonyl (C=O) groups excluding carboxylic acids is 1. The normalized spacial score (nSPS) is 22.0. The number of likely N-dealkylation sites (tertiary alicyclic amines) is 1. The Labute approximate surface area is 85.5 Å². The zero-order valence-corrected chi connectivity index (χ0v) is 9.07. The van der Waals surface area contributed by atoms with Crippen molar-refractivity contribution in [3.63, 3.8) is 0 Å². The van der Waals surface area contributed by atoms with Crippen molar-refractivity contribution in [1.29, 1.82) is 0 Å². The molecule has 82 valence electrons. The van der Waals surface area contributed by atoms with E-state index in [-0.39, 0.29) is 12.5 Å². The molecular weight excluding hydrogens is 180 g/mol. The van der Waals surface area contributed by atoms with Crippen molar-refractivity contribution in [3.05, 3.63) is 0 Å². The van der Waals surface area contributed by atoms with E-state index in [0.29, 0.717) is 5.92 Å². The van der Waals surface area contributed by atoms with Crippen LogP contribution in [0.4, 0.5) is 0 Å². The average molecular weight is 200 g/mol. The molecule has 1 amide bonds. The van der Waals surface area contributed by atoms with Crippen LogP contribution in [0.15, 0.2) is 0 Å². The number of likely N-dealkylation sites (N-methyl/N-ethyl adjacent to an activating group) is 1. The zero-order chi connectivity index (χ0) is 10.6. The van der Waals surface area contributed by atoms with Gasteiger partial charge in [-0.25, -0.2) is 0 Å². The topological polar surface area (TPSA) is 43.8 Å². The molecule has 0 aromatic carbocycles. The Kier molecular flexibility index (Phi) is 4.35. The smallest absolute Gasteiger partial charge is 0.219 e. The summed E-state index contributed by atoms with van der Waals surface area (Å²) in [7, 11) is 2.01. The molecule has 0 aromatic heterocycles. The van der Waals surface area contributed by atoms with Crippen LogP contribution in [0.2, 0.25) is 0 Å². The number of rotatable bonds is 4. The Morgan fingerprint density at radius 2 is 2.36 bits per heavy atom.